The number of pyridine rings is 3. The predicted molar refractivity (Wildman–Crippen MR) is 127 cm³/mol. The normalized spacial score (nSPS) is 11.4. The van der Waals surface area contributed by atoms with Crippen molar-refractivity contribution in [1.29, 1.82) is 0 Å². The van der Waals surface area contributed by atoms with Crippen LogP contribution in [0.15, 0.2) is 61.3 Å². The van der Waals surface area contributed by atoms with E-state index in [1.54, 1.807) is 37.1 Å². The Morgan fingerprint density at radius 3 is 2.68 bits per heavy atom. The summed E-state index contributed by atoms with van der Waals surface area (Å²) in [6.45, 7) is 2.02. The van der Waals surface area contributed by atoms with Crippen LogP contribution in [0.2, 0.25) is 0 Å². The number of aromatic nitrogens is 7. The van der Waals surface area contributed by atoms with Crippen LogP contribution in [0.25, 0.3) is 55.8 Å². The molecule has 0 unspecified atom stereocenters. The lowest BCUT2D eigenvalue weighted by Crippen LogP contribution is -1.89. The van der Waals surface area contributed by atoms with Crippen molar-refractivity contribution >= 4 is 21.9 Å². The first kappa shape index (κ1) is 20.0. The van der Waals surface area contributed by atoms with E-state index >= 15 is 0 Å². The van der Waals surface area contributed by atoms with Crippen molar-refractivity contribution < 1.29 is 9.13 Å². The molecule has 8 nitrogen and oxygen atoms in total. The number of aromatic amines is 2. The van der Waals surface area contributed by atoms with Gasteiger partial charge in [0, 0.05) is 41.2 Å². The van der Waals surface area contributed by atoms with Crippen molar-refractivity contribution in [2.45, 2.75) is 6.92 Å². The van der Waals surface area contributed by atoms with Crippen molar-refractivity contribution in [1.82, 2.24) is 35.1 Å². The minimum Gasteiger partial charge on any atom is -0.497 e. The van der Waals surface area contributed by atoms with Crippen LogP contribution in [-0.2, 0) is 0 Å². The van der Waals surface area contributed by atoms with Crippen molar-refractivity contribution in [2.24, 2.45) is 0 Å². The highest BCUT2D eigenvalue weighted by atomic mass is 19.1. The first-order valence-corrected chi connectivity index (χ1v) is 10.5. The lowest BCUT2D eigenvalue weighted by atomic mass is 10.1. The van der Waals surface area contributed by atoms with Crippen molar-refractivity contribution in [2.75, 3.05) is 7.11 Å². The fraction of sp³-hybridized carbons (Fsp3) is 0.0800. The third-order valence-electron chi connectivity index (χ3n) is 5.80. The van der Waals surface area contributed by atoms with Gasteiger partial charge in [-0.15, -0.1) is 0 Å². The van der Waals surface area contributed by atoms with Gasteiger partial charge in [-0.3, -0.25) is 20.1 Å². The Bertz CT molecular complexity index is 1690. The van der Waals surface area contributed by atoms with Gasteiger partial charge in [-0.05, 0) is 42.3 Å². The molecule has 0 spiro atoms. The van der Waals surface area contributed by atoms with Gasteiger partial charge in [0.15, 0.2) is 5.82 Å². The Labute approximate surface area is 192 Å². The summed E-state index contributed by atoms with van der Waals surface area (Å²) in [5, 5.41) is 8.38. The van der Waals surface area contributed by atoms with Gasteiger partial charge >= 0.3 is 0 Å². The zero-order valence-electron chi connectivity index (χ0n) is 18.3. The molecule has 0 bridgehead atoms. The Morgan fingerprint density at radius 1 is 0.941 bits per heavy atom. The largest absolute Gasteiger partial charge is 0.497 e. The summed E-state index contributed by atoms with van der Waals surface area (Å²) in [5.74, 6) is 0.594. The Hall–Kier alpha value is -4.66. The van der Waals surface area contributed by atoms with Crippen LogP contribution >= 0.6 is 0 Å². The van der Waals surface area contributed by atoms with Crippen LogP contribution in [-0.4, -0.2) is 42.2 Å². The number of halogens is 1. The van der Waals surface area contributed by atoms with Gasteiger partial charge in [-0.25, -0.2) is 9.37 Å². The Balaban J connectivity index is 1.51. The number of hydrogen-bond donors (Lipinski definition) is 2. The van der Waals surface area contributed by atoms with E-state index < -0.39 is 5.82 Å². The second-order valence-electron chi connectivity index (χ2n) is 7.93. The van der Waals surface area contributed by atoms with Crippen molar-refractivity contribution in [3.8, 4) is 39.7 Å². The molecular formula is C25H18FN7O. The molecule has 34 heavy (non-hydrogen) atoms. The molecule has 6 aromatic rings. The van der Waals surface area contributed by atoms with E-state index in [1.165, 1.54) is 19.2 Å². The number of hydrogen-bond acceptors (Lipinski definition) is 6. The molecule has 5 heterocycles. The van der Waals surface area contributed by atoms with E-state index in [-0.39, 0.29) is 0 Å². The van der Waals surface area contributed by atoms with Crippen molar-refractivity contribution in [3.63, 3.8) is 0 Å². The van der Waals surface area contributed by atoms with Gasteiger partial charge < -0.3 is 9.72 Å². The summed E-state index contributed by atoms with van der Waals surface area (Å²) in [5.41, 5.74) is 6.95. The number of rotatable bonds is 4. The van der Waals surface area contributed by atoms with E-state index in [0.29, 0.717) is 39.4 Å². The molecule has 0 aliphatic carbocycles. The maximum Gasteiger partial charge on any atom is 0.159 e. The van der Waals surface area contributed by atoms with Crippen LogP contribution in [0.3, 0.4) is 0 Å². The van der Waals surface area contributed by atoms with E-state index in [0.717, 1.165) is 27.7 Å². The molecule has 0 saturated heterocycles. The monoisotopic (exact) mass is 451 g/mol. The molecule has 6 rings (SSSR count). The number of nitrogens with zero attached hydrogens (tertiary/aromatic N) is 5. The summed E-state index contributed by atoms with van der Waals surface area (Å²) >= 11 is 0. The number of methoxy groups -OCH3 is 1. The fourth-order valence-corrected chi connectivity index (χ4v) is 4.07. The predicted octanol–water partition coefficient (Wildman–Crippen LogP) is 5.08. The highest BCUT2D eigenvalue weighted by molar-refractivity contribution is 5.97. The highest BCUT2D eigenvalue weighted by Gasteiger charge is 2.17. The average Bonchev–Trinajstić information content (AvgIpc) is 3.47. The maximum absolute atomic E-state index is 14.2. The van der Waals surface area contributed by atoms with E-state index in [4.69, 9.17) is 9.72 Å². The maximum atomic E-state index is 14.2. The van der Waals surface area contributed by atoms with Gasteiger partial charge in [0.05, 0.1) is 41.7 Å². The highest BCUT2D eigenvalue weighted by Crippen LogP contribution is 2.33. The summed E-state index contributed by atoms with van der Waals surface area (Å²) in [4.78, 5) is 21.2. The first-order chi connectivity index (χ1) is 16.6. The topological polar surface area (TPSA) is 105 Å². The summed E-state index contributed by atoms with van der Waals surface area (Å²) in [6, 6.07) is 8.45. The second-order valence-corrected chi connectivity index (χ2v) is 7.93. The molecule has 0 radical (unpaired) electrons. The van der Waals surface area contributed by atoms with Gasteiger partial charge in [0.25, 0.3) is 0 Å². The first-order valence-electron chi connectivity index (χ1n) is 10.5. The van der Waals surface area contributed by atoms with Crippen LogP contribution in [0.5, 0.6) is 5.75 Å². The SMILES string of the molecule is COc1cc(F)cc(-c2cncc3[nH]c(-c4n[nH]c5cnc(-c6cnccc6C)cc45)nc23)c1. The summed E-state index contributed by atoms with van der Waals surface area (Å²) < 4.78 is 19.4. The number of imidazole rings is 1. The molecule has 0 fully saturated rings. The number of aryl methyl sites for hydroxylation is 1. The number of H-pyrrole nitrogens is 2. The van der Waals surface area contributed by atoms with Crippen molar-refractivity contribution in [3.05, 3.63) is 72.7 Å². The molecular weight excluding hydrogens is 433 g/mol. The Morgan fingerprint density at radius 2 is 1.82 bits per heavy atom. The fourth-order valence-electron chi connectivity index (χ4n) is 4.07. The average molecular weight is 451 g/mol. The number of benzene rings is 1. The lowest BCUT2D eigenvalue weighted by molar-refractivity contribution is 0.411. The lowest BCUT2D eigenvalue weighted by Gasteiger charge is -2.06. The van der Waals surface area contributed by atoms with Crippen LogP contribution in [0, 0.1) is 12.7 Å². The standard InChI is InChI=1S/C25H18FN7O/c1-13-3-4-27-9-18(13)20-8-17-21(12-29-20)32-33-24(17)25-30-22-11-28-10-19(23(22)31-25)14-5-15(26)7-16(6-14)34-2/h3-12H,1-2H3,(H,30,31)(H,32,33). The number of ether oxygens (including phenoxy) is 1. The molecule has 0 amide bonds. The minimum atomic E-state index is -0.397. The zero-order valence-corrected chi connectivity index (χ0v) is 18.3. The molecule has 5 aromatic heterocycles. The molecule has 1 aromatic carbocycles. The van der Waals surface area contributed by atoms with E-state index in [1.807, 2.05) is 19.1 Å². The molecule has 2 N–H and O–H groups in total. The van der Waals surface area contributed by atoms with Gasteiger partial charge in [-0.1, -0.05) is 0 Å². The summed E-state index contributed by atoms with van der Waals surface area (Å²) in [6.07, 6.45) is 8.66. The molecule has 0 aliphatic heterocycles. The van der Waals surface area contributed by atoms with Crippen LogP contribution in [0.4, 0.5) is 4.39 Å². The van der Waals surface area contributed by atoms with E-state index in [2.05, 4.69) is 30.1 Å². The van der Waals surface area contributed by atoms with Crippen LogP contribution < -0.4 is 4.74 Å². The second kappa shape index (κ2) is 7.73. The number of nitrogens with one attached hydrogen (secondary N) is 2. The molecule has 0 atom stereocenters. The van der Waals surface area contributed by atoms with Gasteiger partial charge in [-0.2, -0.15) is 5.10 Å². The Kier molecular flexibility index (Phi) is 4.54. The zero-order chi connectivity index (χ0) is 23.2. The number of fused-ring (bicyclic) bond motifs is 2. The third kappa shape index (κ3) is 3.25. The molecule has 0 aliphatic rings. The molecule has 9 heteroatoms. The van der Waals surface area contributed by atoms with Crippen LogP contribution in [0.1, 0.15) is 5.56 Å². The minimum absolute atomic E-state index is 0.397. The smallest absolute Gasteiger partial charge is 0.159 e. The van der Waals surface area contributed by atoms with Gasteiger partial charge in [0.1, 0.15) is 17.3 Å². The van der Waals surface area contributed by atoms with Gasteiger partial charge in [0.2, 0.25) is 0 Å². The quantitative estimate of drug-likeness (QED) is 0.387. The molecule has 0 saturated carbocycles. The molecule has 166 valence electrons. The summed E-state index contributed by atoms with van der Waals surface area (Å²) in [7, 11) is 1.50. The third-order valence-corrected chi connectivity index (χ3v) is 5.80. The van der Waals surface area contributed by atoms with E-state index in [9.17, 15) is 4.39 Å².